The second kappa shape index (κ2) is 4.97. The molecule has 4 heteroatoms. The zero-order valence-corrected chi connectivity index (χ0v) is 10.8. The first-order valence-corrected chi connectivity index (χ1v) is 6.81. The second-order valence-electron chi connectivity index (χ2n) is 4.19. The van der Waals surface area contributed by atoms with E-state index in [2.05, 4.69) is 4.98 Å². The average Bonchev–Trinajstić information content (AvgIpc) is 2.44. The number of thioether (sulfide) groups is 1. The molecule has 1 aliphatic rings. The molecule has 0 fully saturated rings. The number of aromatic nitrogens is 1. The van der Waals surface area contributed by atoms with E-state index in [1.807, 2.05) is 18.2 Å². The fraction of sp³-hybridized carbons (Fsp3) is 0.0667. The van der Waals surface area contributed by atoms with E-state index in [4.69, 9.17) is 0 Å². The number of halogens is 1. The largest absolute Gasteiger partial charge is 0.289 e. The van der Waals surface area contributed by atoms with Crippen molar-refractivity contribution in [2.24, 2.45) is 0 Å². The van der Waals surface area contributed by atoms with Gasteiger partial charge in [-0.05, 0) is 29.8 Å². The van der Waals surface area contributed by atoms with Crippen molar-refractivity contribution in [2.75, 3.05) is 5.75 Å². The normalized spacial score (nSPS) is 16.5. The van der Waals surface area contributed by atoms with Gasteiger partial charge in [0.1, 0.15) is 5.82 Å². The molecule has 94 valence electrons. The number of benzene rings is 1. The van der Waals surface area contributed by atoms with Crippen molar-refractivity contribution in [3.8, 4) is 0 Å². The highest BCUT2D eigenvalue weighted by Gasteiger charge is 2.24. The minimum atomic E-state index is -0.323. The number of carbonyl (C=O) groups excluding carboxylic acids is 1. The van der Waals surface area contributed by atoms with Gasteiger partial charge >= 0.3 is 0 Å². The van der Waals surface area contributed by atoms with Gasteiger partial charge in [0.2, 0.25) is 0 Å². The van der Waals surface area contributed by atoms with Crippen molar-refractivity contribution in [1.29, 1.82) is 0 Å². The molecule has 0 saturated heterocycles. The molecule has 1 aliphatic heterocycles. The summed E-state index contributed by atoms with van der Waals surface area (Å²) in [5.41, 5.74) is 2.01. The van der Waals surface area contributed by atoms with Gasteiger partial charge in [-0.25, -0.2) is 4.39 Å². The summed E-state index contributed by atoms with van der Waals surface area (Å²) < 4.78 is 13.6. The van der Waals surface area contributed by atoms with E-state index in [0.717, 1.165) is 5.56 Å². The van der Waals surface area contributed by atoms with Gasteiger partial charge in [0, 0.05) is 29.3 Å². The Balaban J connectivity index is 2.01. The molecule has 0 N–H and O–H groups in total. The molecule has 3 rings (SSSR count). The van der Waals surface area contributed by atoms with Crippen LogP contribution in [0.4, 0.5) is 4.39 Å². The fourth-order valence-corrected chi connectivity index (χ4v) is 3.03. The number of rotatable bonds is 1. The summed E-state index contributed by atoms with van der Waals surface area (Å²) in [5.74, 6) is 0.0650. The molecule has 0 aliphatic carbocycles. The molecule has 1 aromatic carbocycles. The number of fused-ring (bicyclic) bond motifs is 1. The molecule has 1 aromatic heterocycles. The number of ketones is 1. The third-order valence-electron chi connectivity index (χ3n) is 2.90. The summed E-state index contributed by atoms with van der Waals surface area (Å²) in [6, 6.07) is 8.33. The van der Waals surface area contributed by atoms with Gasteiger partial charge in [-0.2, -0.15) is 0 Å². The van der Waals surface area contributed by atoms with Gasteiger partial charge in [0.05, 0.1) is 4.90 Å². The standard InChI is InChI=1S/C15H10FNOS/c16-13-5-1-4-12-14(18)11(9-19-15(12)13)7-10-3-2-6-17-8-10/h1-8H,9H2/b11-7-. The summed E-state index contributed by atoms with van der Waals surface area (Å²) >= 11 is 1.36. The highest BCUT2D eigenvalue weighted by molar-refractivity contribution is 7.99. The van der Waals surface area contributed by atoms with Gasteiger partial charge in [-0.3, -0.25) is 9.78 Å². The maximum atomic E-state index is 13.6. The van der Waals surface area contributed by atoms with Crippen LogP contribution in [0.15, 0.2) is 53.2 Å². The second-order valence-corrected chi connectivity index (χ2v) is 5.18. The molecule has 19 heavy (non-hydrogen) atoms. The van der Waals surface area contributed by atoms with Crippen LogP contribution in [0, 0.1) is 5.82 Å². The third kappa shape index (κ3) is 2.31. The Morgan fingerprint density at radius 2 is 2.16 bits per heavy atom. The Kier molecular flexibility index (Phi) is 3.17. The third-order valence-corrected chi connectivity index (χ3v) is 4.06. The van der Waals surface area contributed by atoms with E-state index in [1.54, 1.807) is 24.5 Å². The topological polar surface area (TPSA) is 30.0 Å². The summed E-state index contributed by atoms with van der Waals surface area (Å²) in [7, 11) is 0. The Morgan fingerprint density at radius 3 is 2.95 bits per heavy atom. The van der Waals surface area contributed by atoms with E-state index in [-0.39, 0.29) is 11.6 Å². The quantitative estimate of drug-likeness (QED) is 0.742. The van der Waals surface area contributed by atoms with Crippen molar-refractivity contribution in [3.63, 3.8) is 0 Å². The predicted octanol–water partition coefficient (Wildman–Crippen LogP) is 3.59. The number of carbonyl (C=O) groups is 1. The van der Waals surface area contributed by atoms with E-state index in [9.17, 15) is 9.18 Å². The highest BCUT2D eigenvalue weighted by Crippen LogP contribution is 2.35. The molecule has 2 nitrogen and oxygen atoms in total. The predicted molar refractivity (Wildman–Crippen MR) is 73.7 cm³/mol. The first-order valence-electron chi connectivity index (χ1n) is 5.82. The fourth-order valence-electron chi connectivity index (χ4n) is 1.99. The maximum absolute atomic E-state index is 13.6. The SMILES string of the molecule is O=C1/C(=C\c2cccnc2)CSc2c(F)cccc21. The van der Waals surface area contributed by atoms with E-state index >= 15 is 0 Å². The molecule has 0 saturated carbocycles. The van der Waals surface area contributed by atoms with Crippen LogP contribution >= 0.6 is 11.8 Å². The Hall–Kier alpha value is -1.94. The molecule has 0 unspecified atom stereocenters. The lowest BCUT2D eigenvalue weighted by molar-refractivity contribution is 0.103. The molecule has 0 atom stereocenters. The van der Waals surface area contributed by atoms with Gasteiger partial charge < -0.3 is 0 Å². The van der Waals surface area contributed by atoms with Gasteiger partial charge in [-0.15, -0.1) is 11.8 Å². The zero-order chi connectivity index (χ0) is 13.2. The lowest BCUT2D eigenvalue weighted by Crippen LogP contribution is -2.13. The van der Waals surface area contributed by atoms with Crippen molar-refractivity contribution >= 4 is 23.6 Å². The lowest BCUT2D eigenvalue weighted by atomic mass is 10.0. The van der Waals surface area contributed by atoms with Crippen LogP contribution in [-0.2, 0) is 0 Å². The summed E-state index contributed by atoms with van der Waals surface area (Å²) in [5, 5.41) is 0. The molecular formula is C15H10FNOS. The number of nitrogens with zero attached hydrogens (tertiary/aromatic N) is 1. The first-order chi connectivity index (χ1) is 9.25. The molecule has 0 spiro atoms. The van der Waals surface area contributed by atoms with Gasteiger partial charge in [-0.1, -0.05) is 12.1 Å². The minimum Gasteiger partial charge on any atom is -0.289 e. The van der Waals surface area contributed by atoms with Crippen LogP contribution in [0.25, 0.3) is 6.08 Å². The lowest BCUT2D eigenvalue weighted by Gasteiger charge is -2.17. The molecule has 2 heterocycles. The van der Waals surface area contributed by atoms with Crippen molar-refractivity contribution in [3.05, 3.63) is 65.2 Å². The van der Waals surface area contributed by atoms with Crippen LogP contribution < -0.4 is 0 Å². The van der Waals surface area contributed by atoms with Crippen molar-refractivity contribution in [1.82, 2.24) is 4.98 Å². The van der Waals surface area contributed by atoms with Crippen LogP contribution in [0.3, 0.4) is 0 Å². The summed E-state index contributed by atoms with van der Waals surface area (Å²) in [4.78, 5) is 16.8. The van der Waals surface area contributed by atoms with Crippen molar-refractivity contribution in [2.45, 2.75) is 4.90 Å². The first kappa shape index (κ1) is 12.1. The van der Waals surface area contributed by atoms with Crippen LogP contribution in [0.5, 0.6) is 0 Å². The van der Waals surface area contributed by atoms with Gasteiger partial charge in [0.25, 0.3) is 0 Å². The number of hydrogen-bond donors (Lipinski definition) is 0. The van der Waals surface area contributed by atoms with Crippen LogP contribution in [0.2, 0.25) is 0 Å². The smallest absolute Gasteiger partial charge is 0.191 e. The van der Waals surface area contributed by atoms with E-state index < -0.39 is 0 Å². The molecular weight excluding hydrogens is 261 g/mol. The summed E-state index contributed by atoms with van der Waals surface area (Å²) in [6.07, 6.45) is 5.20. The highest BCUT2D eigenvalue weighted by atomic mass is 32.2. The number of hydrogen-bond acceptors (Lipinski definition) is 3. The summed E-state index contributed by atoms with van der Waals surface area (Å²) in [6.45, 7) is 0. The molecule has 0 amide bonds. The number of pyridine rings is 1. The van der Waals surface area contributed by atoms with E-state index in [0.29, 0.717) is 21.8 Å². The molecule has 0 bridgehead atoms. The van der Waals surface area contributed by atoms with Crippen molar-refractivity contribution < 1.29 is 9.18 Å². The minimum absolute atomic E-state index is 0.0999. The maximum Gasteiger partial charge on any atom is 0.191 e. The number of Topliss-reactive ketones (excluding diaryl/α,β-unsaturated/α-hetero) is 1. The van der Waals surface area contributed by atoms with E-state index in [1.165, 1.54) is 17.8 Å². The molecule has 0 radical (unpaired) electrons. The Bertz CT molecular complexity index is 667. The van der Waals surface area contributed by atoms with Crippen LogP contribution in [-0.4, -0.2) is 16.5 Å². The molecule has 2 aromatic rings. The zero-order valence-electron chi connectivity index (χ0n) is 9.97. The van der Waals surface area contributed by atoms with Crippen LogP contribution in [0.1, 0.15) is 15.9 Å². The monoisotopic (exact) mass is 271 g/mol. The Labute approximate surface area is 114 Å². The Morgan fingerprint density at radius 1 is 1.26 bits per heavy atom. The average molecular weight is 271 g/mol. The van der Waals surface area contributed by atoms with Gasteiger partial charge in [0.15, 0.2) is 5.78 Å².